The summed E-state index contributed by atoms with van der Waals surface area (Å²) in [6.45, 7) is 0. The maximum Gasteiger partial charge on any atom is 0.143 e. The molecule has 0 bridgehead atoms. The predicted octanol–water partition coefficient (Wildman–Crippen LogP) is -0.995. The van der Waals surface area contributed by atoms with Gasteiger partial charge in [0.15, 0.2) is 0 Å². The van der Waals surface area contributed by atoms with Crippen LogP contribution in [0.1, 0.15) is 5.82 Å². The molecule has 0 aliphatic rings. The molecule has 0 fully saturated rings. The van der Waals surface area contributed by atoms with Gasteiger partial charge < -0.3 is 0 Å². The van der Waals surface area contributed by atoms with E-state index in [1.807, 2.05) is 7.85 Å². The van der Waals surface area contributed by atoms with Gasteiger partial charge in [0.25, 0.3) is 0 Å². The normalized spacial score (nSPS) is 9.00. The second-order valence-electron chi connectivity index (χ2n) is 1.41. The third kappa shape index (κ3) is 1.02. The van der Waals surface area contributed by atoms with E-state index >= 15 is 0 Å². The van der Waals surface area contributed by atoms with Gasteiger partial charge in [-0.25, -0.2) is 4.98 Å². The van der Waals surface area contributed by atoms with Gasteiger partial charge in [-0.3, -0.25) is 0 Å². The lowest BCUT2D eigenvalue weighted by Gasteiger charge is -1.86. The molecule has 0 spiro atoms. The van der Waals surface area contributed by atoms with Crippen molar-refractivity contribution in [3.05, 3.63) is 18.2 Å². The molecule has 3 nitrogen and oxygen atoms in total. The van der Waals surface area contributed by atoms with E-state index in [9.17, 15) is 0 Å². The quantitative estimate of drug-likeness (QED) is 0.432. The lowest BCUT2D eigenvalue weighted by Crippen LogP contribution is -1.94. The molecule has 1 aromatic rings. The minimum absolute atomic E-state index is 0.799. The zero-order valence-electron chi connectivity index (χ0n) is 4.70. The molecule has 40 valence electrons. The van der Waals surface area contributed by atoms with Crippen molar-refractivity contribution in [3.63, 3.8) is 0 Å². The maximum atomic E-state index is 3.92. The van der Waals surface area contributed by atoms with Crippen molar-refractivity contribution in [2.45, 2.75) is 6.32 Å². The third-order valence-electron chi connectivity index (χ3n) is 0.846. The molecule has 0 saturated carbocycles. The molecule has 4 heteroatoms. The van der Waals surface area contributed by atoms with Gasteiger partial charge in [0, 0.05) is 6.20 Å². The van der Waals surface area contributed by atoms with E-state index in [0.29, 0.717) is 0 Å². The fourth-order valence-electron chi connectivity index (χ4n) is 0.437. The first-order chi connectivity index (χ1) is 3.93. The highest BCUT2D eigenvalue weighted by Crippen LogP contribution is 1.79. The summed E-state index contributed by atoms with van der Waals surface area (Å²) in [4.78, 5) is 3.92. The minimum Gasteiger partial charge on any atom is -0.239 e. The van der Waals surface area contributed by atoms with Crippen LogP contribution in [-0.2, 0) is 6.32 Å². The maximum absolute atomic E-state index is 3.92. The zero-order chi connectivity index (χ0) is 5.82. The number of hydrogen-bond acceptors (Lipinski definition) is 3. The minimum atomic E-state index is 0.799. The van der Waals surface area contributed by atoms with E-state index in [4.69, 9.17) is 0 Å². The van der Waals surface area contributed by atoms with Gasteiger partial charge in [0.05, 0.1) is 6.20 Å². The molecule has 8 heavy (non-hydrogen) atoms. The van der Waals surface area contributed by atoms with Crippen molar-refractivity contribution in [1.82, 2.24) is 15.2 Å². The Balaban J connectivity index is 2.83. The van der Waals surface area contributed by atoms with E-state index in [1.54, 1.807) is 12.4 Å². The molecule has 1 rings (SSSR count). The van der Waals surface area contributed by atoms with Crippen molar-refractivity contribution in [2.75, 3.05) is 0 Å². The summed E-state index contributed by atoms with van der Waals surface area (Å²) in [5, 5.41) is 7.38. The zero-order valence-corrected chi connectivity index (χ0v) is 4.70. The summed E-state index contributed by atoms with van der Waals surface area (Å²) >= 11 is 0. The van der Waals surface area contributed by atoms with Crippen LogP contribution >= 0.6 is 0 Å². The van der Waals surface area contributed by atoms with Gasteiger partial charge in [-0.1, -0.05) is 0 Å². The molecule has 0 aliphatic heterocycles. The molecular weight excluding hydrogens is 101 g/mol. The fourth-order valence-corrected chi connectivity index (χ4v) is 0.437. The second kappa shape index (κ2) is 2.40. The summed E-state index contributed by atoms with van der Waals surface area (Å²) in [5.74, 6) is 0.799. The second-order valence-corrected chi connectivity index (χ2v) is 1.41. The monoisotopic (exact) mass is 107 g/mol. The van der Waals surface area contributed by atoms with Gasteiger partial charge >= 0.3 is 0 Å². The first-order valence-electron chi connectivity index (χ1n) is 2.56. The molecule has 0 saturated heterocycles. The lowest BCUT2D eigenvalue weighted by molar-refractivity contribution is 0.894. The Kier molecular flexibility index (Phi) is 1.56. The van der Waals surface area contributed by atoms with Crippen molar-refractivity contribution in [2.24, 2.45) is 0 Å². The summed E-state index contributed by atoms with van der Waals surface area (Å²) in [7, 11) is 2.00. The molecule has 0 aromatic carbocycles. The van der Waals surface area contributed by atoms with Crippen LogP contribution < -0.4 is 0 Å². The van der Waals surface area contributed by atoms with E-state index < -0.39 is 0 Å². The van der Waals surface area contributed by atoms with E-state index in [-0.39, 0.29) is 0 Å². The molecule has 0 aliphatic carbocycles. The van der Waals surface area contributed by atoms with Crippen LogP contribution in [0.25, 0.3) is 0 Å². The van der Waals surface area contributed by atoms with Crippen LogP contribution in [0, 0.1) is 0 Å². The lowest BCUT2D eigenvalue weighted by atomic mass is 10.1. The highest BCUT2D eigenvalue weighted by Gasteiger charge is 1.85. The molecule has 0 atom stereocenters. The molecule has 1 heterocycles. The highest BCUT2D eigenvalue weighted by atomic mass is 15.1. The number of aromatic nitrogens is 3. The van der Waals surface area contributed by atoms with Gasteiger partial charge in [-0.15, -0.1) is 5.10 Å². The van der Waals surface area contributed by atoms with Gasteiger partial charge in [0.2, 0.25) is 0 Å². The first kappa shape index (κ1) is 5.22. The van der Waals surface area contributed by atoms with Crippen LogP contribution in [0.4, 0.5) is 0 Å². The Hall–Kier alpha value is -0.925. The van der Waals surface area contributed by atoms with Crippen molar-refractivity contribution in [3.8, 4) is 0 Å². The van der Waals surface area contributed by atoms with Crippen molar-refractivity contribution in [1.29, 1.82) is 0 Å². The fraction of sp³-hybridized carbons (Fsp3) is 0.250. The first-order valence-corrected chi connectivity index (χ1v) is 2.56. The Labute approximate surface area is 48.6 Å². The van der Waals surface area contributed by atoms with Crippen LogP contribution in [-0.4, -0.2) is 23.0 Å². The largest absolute Gasteiger partial charge is 0.239 e. The standard InChI is InChI=1S/C4H6BN3/c5-3-4-6-1-2-7-8-4/h1-2H,3,5H2. The summed E-state index contributed by atoms with van der Waals surface area (Å²) in [6, 6.07) is 0. The van der Waals surface area contributed by atoms with Gasteiger partial charge in [0.1, 0.15) is 13.7 Å². The molecule has 1 aromatic heterocycles. The topological polar surface area (TPSA) is 38.7 Å². The Morgan fingerprint density at radius 3 is 2.75 bits per heavy atom. The average Bonchev–Trinajstić information content (AvgIpc) is 1.90. The number of nitrogens with zero attached hydrogens (tertiary/aromatic N) is 3. The van der Waals surface area contributed by atoms with Gasteiger partial charge in [-0.05, 0) is 6.32 Å². The third-order valence-corrected chi connectivity index (χ3v) is 0.846. The van der Waals surface area contributed by atoms with Crippen LogP contribution in [0.5, 0.6) is 0 Å². The Morgan fingerprint density at radius 2 is 2.38 bits per heavy atom. The molecule has 0 amide bonds. The van der Waals surface area contributed by atoms with E-state index in [0.717, 1.165) is 12.1 Å². The van der Waals surface area contributed by atoms with Gasteiger partial charge in [-0.2, -0.15) is 5.10 Å². The molecule has 0 unspecified atom stereocenters. The van der Waals surface area contributed by atoms with Crippen molar-refractivity contribution >= 4 is 7.85 Å². The van der Waals surface area contributed by atoms with Crippen LogP contribution in [0.3, 0.4) is 0 Å². The Bertz CT molecular complexity index is 153. The van der Waals surface area contributed by atoms with Crippen molar-refractivity contribution < 1.29 is 0 Å². The highest BCUT2D eigenvalue weighted by molar-refractivity contribution is 6.07. The molecule has 0 radical (unpaired) electrons. The van der Waals surface area contributed by atoms with E-state index in [1.165, 1.54) is 0 Å². The summed E-state index contributed by atoms with van der Waals surface area (Å²) in [5.41, 5.74) is 0. The van der Waals surface area contributed by atoms with E-state index in [2.05, 4.69) is 15.2 Å². The SMILES string of the molecule is BCc1nccnn1. The Morgan fingerprint density at radius 1 is 1.50 bits per heavy atom. The molecule has 0 N–H and O–H groups in total. The number of rotatable bonds is 1. The average molecular weight is 107 g/mol. The predicted molar refractivity (Wildman–Crippen MR) is 32.1 cm³/mol. The summed E-state index contributed by atoms with van der Waals surface area (Å²) in [6.07, 6.45) is 4.07. The smallest absolute Gasteiger partial charge is 0.143 e. The van der Waals surface area contributed by atoms with Crippen LogP contribution in [0.15, 0.2) is 12.4 Å². The van der Waals surface area contributed by atoms with Crippen LogP contribution in [0.2, 0.25) is 0 Å². The summed E-state index contributed by atoms with van der Waals surface area (Å²) < 4.78 is 0. The molecular formula is C4H6BN3. The number of hydrogen-bond donors (Lipinski definition) is 0.